The van der Waals surface area contributed by atoms with Gasteiger partial charge in [-0.15, -0.1) is 0 Å². The molecule has 5 aromatic carbocycles. The minimum atomic E-state index is -4.10. The molecule has 2 heterocycles. The zero-order valence-corrected chi connectivity index (χ0v) is 45.8. The number of para-hydroxylation sites is 3. The molecule has 0 spiro atoms. The van der Waals surface area contributed by atoms with Gasteiger partial charge in [0, 0.05) is 6.08 Å². The summed E-state index contributed by atoms with van der Waals surface area (Å²) in [6.07, 6.45) is 8.54. The van der Waals surface area contributed by atoms with Crippen molar-refractivity contribution in [3.8, 4) is 11.5 Å². The molecule has 5 aromatic rings. The maximum atomic E-state index is 13.8. The van der Waals surface area contributed by atoms with Crippen LogP contribution in [0.25, 0.3) is 6.08 Å². The maximum Gasteiger partial charge on any atom is 0.337 e. The van der Waals surface area contributed by atoms with Gasteiger partial charge in [0.15, 0.2) is 16.9 Å². The van der Waals surface area contributed by atoms with Crippen LogP contribution in [-0.4, -0.2) is 89.7 Å². The number of nitrogens with two attached hydrogens (primary N) is 1. The van der Waals surface area contributed by atoms with Crippen LogP contribution in [0.5, 0.6) is 11.5 Å². The lowest BCUT2D eigenvalue weighted by Gasteiger charge is -2.30. The summed E-state index contributed by atoms with van der Waals surface area (Å²) < 4.78 is 66.0. The van der Waals surface area contributed by atoms with E-state index in [9.17, 15) is 45.6 Å². The van der Waals surface area contributed by atoms with Crippen molar-refractivity contribution in [3.63, 3.8) is 0 Å². The molecule has 1 unspecified atom stereocenters. The number of carboxylic acid groups (broad SMARTS) is 2. The SMILES string of the molecule is CCCCC1(COC(=O)CCC(=O)O)C(=O)N(c2ccccc2)N(c2ccccc2)C1=O.COc1ccc(/C=C/C(=O)Nc2ccccc2C(=O)O)cc1OC.NS(=O)(=O)c1cc2c(cc1Cl)NC(CC1CCCC1)NS2(=O)=O. The number of halogens is 1. The molecule has 0 aromatic heterocycles. The van der Waals surface area contributed by atoms with Crippen molar-refractivity contribution < 1.29 is 70.0 Å². The number of hydrogen-bond donors (Lipinski definition) is 6. The Bertz CT molecular complexity index is 3230. The normalized spacial score (nSPS) is 16.3. The van der Waals surface area contributed by atoms with Gasteiger partial charge < -0.3 is 35.1 Å². The Morgan fingerprint density at radius 2 is 1.43 bits per heavy atom. The highest BCUT2D eigenvalue weighted by Gasteiger charge is 2.60. The molecule has 7 N–H and O–H groups in total. The number of rotatable bonds is 19. The van der Waals surface area contributed by atoms with E-state index < -0.39 is 78.8 Å². The largest absolute Gasteiger partial charge is 0.493 e. The number of nitrogens with one attached hydrogen (secondary N) is 3. The first-order valence-corrected chi connectivity index (χ1v) is 28.4. The second-order valence-corrected chi connectivity index (χ2v) is 22.1. The van der Waals surface area contributed by atoms with E-state index in [2.05, 4.69) is 15.4 Å². The summed E-state index contributed by atoms with van der Waals surface area (Å²) in [4.78, 5) is 73.0. The van der Waals surface area contributed by atoms with Crippen LogP contribution in [0.1, 0.15) is 87.1 Å². The van der Waals surface area contributed by atoms with Crippen LogP contribution in [0.4, 0.5) is 22.7 Å². The number of primary sulfonamides is 1. The first kappa shape index (κ1) is 60.4. The highest BCUT2D eigenvalue weighted by molar-refractivity contribution is 7.90. The number of ether oxygens (including phenoxy) is 3. The van der Waals surface area contributed by atoms with Gasteiger partial charge in [0.05, 0.1) is 66.6 Å². The number of carboxylic acids is 2. The Kier molecular flexibility index (Phi) is 20.8. The minimum Gasteiger partial charge on any atom is -0.493 e. The van der Waals surface area contributed by atoms with Crippen molar-refractivity contribution in [3.05, 3.63) is 137 Å². The minimum absolute atomic E-state index is 0.0327. The Morgan fingerprint density at radius 1 is 0.835 bits per heavy atom. The Morgan fingerprint density at radius 3 is 1.99 bits per heavy atom. The fraction of sp³-hybridized carbons (Fsp3) is 0.309. The average Bonchev–Trinajstić information content (AvgIpc) is 4.18. The van der Waals surface area contributed by atoms with E-state index in [1.807, 2.05) is 19.1 Å². The average molecular weight is 1150 g/mol. The summed E-state index contributed by atoms with van der Waals surface area (Å²) >= 11 is 5.94. The van der Waals surface area contributed by atoms with Gasteiger partial charge in [-0.2, -0.15) is 4.72 Å². The lowest BCUT2D eigenvalue weighted by molar-refractivity contribution is -0.154. The van der Waals surface area contributed by atoms with E-state index in [1.165, 1.54) is 54.2 Å². The van der Waals surface area contributed by atoms with Crippen molar-refractivity contribution in [2.24, 2.45) is 16.5 Å². The zero-order valence-electron chi connectivity index (χ0n) is 43.4. The molecule has 1 saturated carbocycles. The van der Waals surface area contributed by atoms with E-state index in [4.69, 9.17) is 41.2 Å². The van der Waals surface area contributed by atoms with Gasteiger partial charge in [-0.25, -0.2) is 36.8 Å². The van der Waals surface area contributed by atoms with Crippen molar-refractivity contribution >= 4 is 96.1 Å². The van der Waals surface area contributed by atoms with Gasteiger partial charge in [-0.1, -0.05) is 112 Å². The van der Waals surface area contributed by atoms with Crippen LogP contribution in [0.15, 0.2) is 131 Å². The van der Waals surface area contributed by atoms with Gasteiger partial charge in [-0.3, -0.25) is 24.0 Å². The number of fused-ring (bicyclic) bond motifs is 1. The molecule has 8 rings (SSSR count). The molecule has 420 valence electrons. The third-order valence-corrected chi connectivity index (χ3v) is 15.8. The summed E-state index contributed by atoms with van der Waals surface area (Å²) in [5.74, 6) is -2.74. The number of benzene rings is 5. The highest BCUT2D eigenvalue weighted by atomic mass is 35.5. The molecule has 2 aliphatic heterocycles. The molecule has 1 saturated heterocycles. The second-order valence-electron chi connectivity index (χ2n) is 18.5. The van der Waals surface area contributed by atoms with Crippen molar-refractivity contribution in [2.45, 2.75) is 87.1 Å². The molecule has 24 heteroatoms. The number of nitrogens with zero attached hydrogens (tertiary/aromatic N) is 2. The third kappa shape index (κ3) is 15.5. The highest BCUT2D eigenvalue weighted by Crippen LogP contribution is 2.42. The molecule has 3 amide bonds. The lowest BCUT2D eigenvalue weighted by Crippen LogP contribution is -2.45. The third-order valence-electron chi connectivity index (χ3n) is 12.9. The van der Waals surface area contributed by atoms with Crippen LogP contribution >= 0.6 is 11.6 Å². The van der Waals surface area contributed by atoms with Crippen molar-refractivity contribution in [2.75, 3.05) is 41.5 Å². The van der Waals surface area contributed by atoms with Crippen LogP contribution in [0.2, 0.25) is 5.02 Å². The van der Waals surface area contributed by atoms with E-state index in [0.29, 0.717) is 47.3 Å². The number of hydrogen-bond acceptors (Lipinski definition) is 14. The number of anilines is 4. The number of carbonyl (C=O) groups excluding carboxylic acids is 4. The molecule has 2 fully saturated rings. The summed E-state index contributed by atoms with van der Waals surface area (Å²) in [5.41, 5.74) is 0.770. The van der Waals surface area contributed by atoms with Gasteiger partial charge in [0.1, 0.15) is 16.4 Å². The van der Waals surface area contributed by atoms with Gasteiger partial charge in [0.25, 0.3) is 11.8 Å². The number of aliphatic carboxylic acids is 1. The van der Waals surface area contributed by atoms with Crippen molar-refractivity contribution in [1.29, 1.82) is 0 Å². The standard InChI is InChI=1S/C24H26N2O6.C18H17NO5.C13H18ClN3O4S2/c1-2-3-16-24(17-32-21(29)15-14-20(27)28)22(30)25(18-10-6-4-7-11-18)26(23(24)31)19-12-8-5-9-13-19;1-23-15-9-7-12(11-16(15)24-2)8-10-17(20)19-14-6-4-3-5-13(14)18(21)22;14-9-6-10-12(7-11(9)22(15,18)19)23(20,21)17-13(16-10)5-8-3-1-2-4-8/h4-13H,2-3,14-17H2,1H3,(H,27,28);3-11H,1-2H3,(H,19,20)(H,21,22);6-8,13,16-17H,1-5H2,(H2,15,18,19)/b;10-8+;. The Labute approximate surface area is 462 Å². The number of hydrazine groups is 1. The molecular formula is C55H61ClN6O15S2. The molecule has 3 aliphatic rings. The van der Waals surface area contributed by atoms with Crippen molar-refractivity contribution in [1.82, 2.24) is 4.72 Å². The number of methoxy groups -OCH3 is 2. The smallest absolute Gasteiger partial charge is 0.337 e. The Balaban J connectivity index is 0.000000195. The van der Waals surface area contributed by atoms with Crippen LogP contribution < -0.4 is 40.0 Å². The quantitative estimate of drug-likeness (QED) is 0.0258. The number of unbranched alkanes of at least 4 members (excludes halogenated alkanes) is 1. The summed E-state index contributed by atoms with van der Waals surface area (Å²) in [5, 5.41) is 31.2. The fourth-order valence-electron chi connectivity index (χ4n) is 8.98. The Hall–Kier alpha value is -7.83. The number of aromatic carboxylic acids is 1. The molecular weight excluding hydrogens is 1080 g/mol. The number of amides is 3. The van der Waals surface area contributed by atoms with E-state index in [1.54, 1.807) is 92.0 Å². The first-order chi connectivity index (χ1) is 37.6. The summed E-state index contributed by atoms with van der Waals surface area (Å²) in [6, 6.07) is 31.4. The molecule has 0 radical (unpaired) electrons. The second kappa shape index (κ2) is 27.2. The van der Waals surface area contributed by atoms with E-state index >= 15 is 0 Å². The lowest BCUT2D eigenvalue weighted by atomic mass is 9.82. The monoisotopic (exact) mass is 1140 g/mol. The van der Waals surface area contributed by atoms with Gasteiger partial charge >= 0.3 is 17.9 Å². The number of carbonyl (C=O) groups is 6. The van der Waals surface area contributed by atoms with E-state index in [0.717, 1.165) is 30.9 Å². The molecule has 21 nitrogen and oxygen atoms in total. The van der Waals surface area contributed by atoms with Gasteiger partial charge in [0.2, 0.25) is 26.0 Å². The molecule has 79 heavy (non-hydrogen) atoms. The predicted molar refractivity (Wildman–Crippen MR) is 295 cm³/mol. The summed E-state index contributed by atoms with van der Waals surface area (Å²) in [7, 11) is -4.85. The topological polar surface area (TPSA) is 307 Å². The van der Waals surface area contributed by atoms with Gasteiger partial charge in [-0.05, 0) is 91.1 Å². The van der Waals surface area contributed by atoms with Crippen LogP contribution in [-0.2, 0) is 48.8 Å². The number of esters is 1. The molecule has 0 bridgehead atoms. The number of sulfonamides is 2. The molecule has 1 atom stereocenters. The predicted octanol–water partition coefficient (Wildman–Crippen LogP) is 8.22. The maximum absolute atomic E-state index is 13.8. The van der Waals surface area contributed by atoms with Crippen LogP contribution in [0, 0.1) is 11.3 Å². The molecule has 1 aliphatic carbocycles. The fourth-order valence-corrected chi connectivity index (χ4v) is 11.5. The van der Waals surface area contributed by atoms with Crippen LogP contribution in [0.3, 0.4) is 0 Å². The summed E-state index contributed by atoms with van der Waals surface area (Å²) in [6.45, 7) is 1.51. The van der Waals surface area contributed by atoms with E-state index in [-0.39, 0.29) is 40.4 Å². The first-order valence-electron chi connectivity index (χ1n) is 25.0. The zero-order chi connectivity index (χ0) is 57.5.